The summed E-state index contributed by atoms with van der Waals surface area (Å²) in [6, 6.07) is 10.7. The first-order valence-electron chi connectivity index (χ1n) is 10.0. The normalized spacial score (nSPS) is 18.1. The zero-order valence-corrected chi connectivity index (χ0v) is 17.9. The lowest BCUT2D eigenvalue weighted by molar-refractivity contribution is 0.0882. The molecule has 0 N–H and O–H groups in total. The monoisotopic (exact) mass is 420 g/mol. The van der Waals surface area contributed by atoms with E-state index in [0.29, 0.717) is 5.88 Å². The summed E-state index contributed by atoms with van der Waals surface area (Å²) < 4.78 is 7.34. The van der Waals surface area contributed by atoms with Crippen LogP contribution in [0.3, 0.4) is 0 Å². The van der Waals surface area contributed by atoms with Crippen LogP contribution in [0.15, 0.2) is 53.5 Å². The minimum absolute atomic E-state index is 0.186. The van der Waals surface area contributed by atoms with E-state index in [1.54, 1.807) is 24.6 Å². The van der Waals surface area contributed by atoms with Crippen molar-refractivity contribution in [1.82, 2.24) is 29.6 Å². The van der Waals surface area contributed by atoms with Crippen LogP contribution < -0.4 is 4.74 Å². The highest BCUT2D eigenvalue weighted by molar-refractivity contribution is 7.08. The first-order chi connectivity index (χ1) is 14.7. The lowest BCUT2D eigenvalue weighted by atomic mass is 10.1. The Bertz CT molecular complexity index is 1140. The molecule has 0 spiro atoms. The van der Waals surface area contributed by atoms with Crippen LogP contribution in [0.2, 0.25) is 0 Å². The predicted octanol–water partition coefficient (Wildman–Crippen LogP) is 3.35. The van der Waals surface area contributed by atoms with Crippen molar-refractivity contribution in [3.63, 3.8) is 0 Å². The molecule has 1 aliphatic rings. The molecule has 5 heterocycles. The molecule has 4 aromatic rings. The summed E-state index contributed by atoms with van der Waals surface area (Å²) >= 11 is 1.70. The summed E-state index contributed by atoms with van der Waals surface area (Å²) in [7, 11) is 3.84. The number of ether oxygens (including phenoxy) is 1. The molecule has 0 aliphatic carbocycles. The Morgan fingerprint density at radius 2 is 2.10 bits per heavy atom. The third-order valence-corrected chi connectivity index (χ3v) is 6.46. The average molecular weight is 421 g/mol. The van der Waals surface area contributed by atoms with Crippen LogP contribution in [0.1, 0.15) is 17.3 Å². The van der Waals surface area contributed by atoms with Crippen LogP contribution in [0.25, 0.3) is 16.6 Å². The van der Waals surface area contributed by atoms with Crippen molar-refractivity contribution in [2.45, 2.75) is 12.6 Å². The number of aromatic nitrogens is 4. The first kappa shape index (κ1) is 19.2. The smallest absolute Gasteiger partial charge is 0.217 e. The molecule has 30 heavy (non-hydrogen) atoms. The van der Waals surface area contributed by atoms with Crippen molar-refractivity contribution in [1.29, 1.82) is 0 Å². The Hall–Kier alpha value is -2.81. The second-order valence-electron chi connectivity index (χ2n) is 7.64. The molecule has 1 fully saturated rings. The van der Waals surface area contributed by atoms with E-state index in [1.165, 1.54) is 5.56 Å². The van der Waals surface area contributed by atoms with Gasteiger partial charge in [0.15, 0.2) is 0 Å². The van der Waals surface area contributed by atoms with E-state index >= 15 is 0 Å². The third kappa shape index (κ3) is 3.58. The third-order valence-electron chi connectivity index (χ3n) is 5.78. The maximum Gasteiger partial charge on any atom is 0.217 e. The zero-order valence-electron chi connectivity index (χ0n) is 17.1. The topological polar surface area (TPSA) is 58.8 Å². The van der Waals surface area contributed by atoms with E-state index in [1.807, 2.05) is 10.6 Å². The summed E-state index contributed by atoms with van der Waals surface area (Å²) in [5.74, 6) is 0.697. The summed E-state index contributed by atoms with van der Waals surface area (Å²) in [6.07, 6.45) is 3.83. The molecule has 1 atom stereocenters. The summed E-state index contributed by atoms with van der Waals surface area (Å²) in [6.45, 7) is 3.66. The molecule has 8 heteroatoms. The van der Waals surface area contributed by atoms with Crippen molar-refractivity contribution < 1.29 is 4.74 Å². The van der Waals surface area contributed by atoms with Gasteiger partial charge in [-0.15, -0.1) is 5.10 Å². The summed E-state index contributed by atoms with van der Waals surface area (Å²) in [5, 5.41) is 13.3. The van der Waals surface area contributed by atoms with Crippen LogP contribution in [-0.2, 0) is 6.54 Å². The van der Waals surface area contributed by atoms with Crippen LogP contribution in [0.5, 0.6) is 5.88 Å². The lowest BCUT2D eigenvalue weighted by Gasteiger charge is -2.38. The second kappa shape index (κ2) is 8.14. The average Bonchev–Trinajstić information content (AvgIpc) is 3.45. The fraction of sp³-hybridized carbons (Fsp3) is 0.318. The van der Waals surface area contributed by atoms with Gasteiger partial charge >= 0.3 is 0 Å². The van der Waals surface area contributed by atoms with E-state index in [2.05, 4.69) is 73.4 Å². The van der Waals surface area contributed by atoms with Crippen molar-refractivity contribution in [3.05, 3.63) is 64.7 Å². The fourth-order valence-corrected chi connectivity index (χ4v) is 4.75. The predicted molar refractivity (Wildman–Crippen MR) is 118 cm³/mol. The standard InChI is InChI=1S/C22H24N6OS/c1-26-9-10-27(12-17-4-3-8-23-22(17)29-2)14-20(26)21-19-6-5-16(13-28(19)25-24-21)18-7-11-30-15-18/h3-8,11,13,15,20H,9-10,12,14H2,1-2H3. The van der Waals surface area contributed by atoms with Crippen LogP contribution in [-0.4, -0.2) is 63.4 Å². The van der Waals surface area contributed by atoms with Gasteiger partial charge in [-0.1, -0.05) is 17.3 Å². The largest absolute Gasteiger partial charge is 0.481 e. The van der Waals surface area contributed by atoms with Crippen molar-refractivity contribution in [3.8, 4) is 17.0 Å². The Morgan fingerprint density at radius 3 is 2.93 bits per heavy atom. The van der Waals surface area contributed by atoms with E-state index in [-0.39, 0.29) is 6.04 Å². The number of pyridine rings is 2. The minimum atomic E-state index is 0.186. The molecule has 0 saturated carbocycles. The van der Waals surface area contributed by atoms with Crippen LogP contribution in [0, 0.1) is 0 Å². The highest BCUT2D eigenvalue weighted by Gasteiger charge is 2.29. The Morgan fingerprint density at radius 1 is 1.17 bits per heavy atom. The van der Waals surface area contributed by atoms with Gasteiger partial charge in [0, 0.05) is 49.7 Å². The van der Waals surface area contributed by atoms with Gasteiger partial charge in [0.2, 0.25) is 5.88 Å². The van der Waals surface area contributed by atoms with Crippen LogP contribution in [0.4, 0.5) is 0 Å². The first-order valence-corrected chi connectivity index (χ1v) is 10.9. The molecule has 1 saturated heterocycles. The van der Waals surface area contributed by atoms with Crippen molar-refractivity contribution in [2.24, 2.45) is 0 Å². The van der Waals surface area contributed by atoms with E-state index in [4.69, 9.17) is 4.74 Å². The highest BCUT2D eigenvalue weighted by atomic mass is 32.1. The molecule has 4 aromatic heterocycles. The van der Waals surface area contributed by atoms with Gasteiger partial charge in [-0.3, -0.25) is 9.80 Å². The van der Waals surface area contributed by atoms with Crippen molar-refractivity contribution >= 4 is 16.9 Å². The Labute approximate surface area is 179 Å². The minimum Gasteiger partial charge on any atom is -0.481 e. The molecule has 5 rings (SSSR count). The van der Waals surface area contributed by atoms with Gasteiger partial charge in [0.05, 0.1) is 18.7 Å². The molecule has 154 valence electrons. The quantitative estimate of drug-likeness (QED) is 0.494. The molecule has 0 amide bonds. The van der Waals surface area contributed by atoms with Gasteiger partial charge in [-0.2, -0.15) is 11.3 Å². The fourth-order valence-electron chi connectivity index (χ4n) is 4.09. The maximum absolute atomic E-state index is 5.43. The Balaban J connectivity index is 1.40. The SMILES string of the molecule is COc1ncccc1CN1CCN(C)C(c2nnn3cc(-c4ccsc4)ccc23)C1. The summed E-state index contributed by atoms with van der Waals surface area (Å²) in [5.41, 5.74) is 5.56. The maximum atomic E-state index is 5.43. The molecule has 0 bridgehead atoms. The number of rotatable bonds is 5. The molecular formula is C22H24N6OS. The number of piperazine rings is 1. The number of hydrogen-bond acceptors (Lipinski definition) is 7. The number of likely N-dealkylation sites (N-methyl/N-ethyl adjacent to an activating group) is 1. The number of nitrogens with zero attached hydrogens (tertiary/aromatic N) is 6. The van der Waals surface area contributed by atoms with Gasteiger partial charge in [0.25, 0.3) is 0 Å². The molecule has 0 aromatic carbocycles. The highest BCUT2D eigenvalue weighted by Crippen LogP contribution is 2.29. The van der Waals surface area contributed by atoms with Gasteiger partial charge < -0.3 is 4.74 Å². The number of methoxy groups -OCH3 is 1. The molecule has 1 aliphatic heterocycles. The van der Waals surface area contributed by atoms with Crippen molar-refractivity contribution in [2.75, 3.05) is 33.8 Å². The lowest BCUT2D eigenvalue weighted by Crippen LogP contribution is -2.46. The van der Waals surface area contributed by atoms with E-state index in [0.717, 1.165) is 48.5 Å². The summed E-state index contributed by atoms with van der Waals surface area (Å²) in [4.78, 5) is 9.14. The number of hydrogen-bond donors (Lipinski definition) is 0. The van der Waals surface area contributed by atoms with Crippen LogP contribution >= 0.6 is 11.3 Å². The van der Waals surface area contributed by atoms with Gasteiger partial charge in [0.1, 0.15) is 5.69 Å². The van der Waals surface area contributed by atoms with E-state index < -0.39 is 0 Å². The van der Waals surface area contributed by atoms with Gasteiger partial charge in [-0.25, -0.2) is 9.50 Å². The molecule has 0 radical (unpaired) electrons. The molecular weight excluding hydrogens is 396 g/mol. The zero-order chi connectivity index (χ0) is 20.5. The van der Waals surface area contributed by atoms with Gasteiger partial charge in [-0.05, 0) is 41.6 Å². The Kier molecular flexibility index (Phi) is 5.20. The molecule has 1 unspecified atom stereocenters. The second-order valence-corrected chi connectivity index (χ2v) is 8.42. The number of fused-ring (bicyclic) bond motifs is 1. The van der Waals surface area contributed by atoms with E-state index in [9.17, 15) is 0 Å². The molecule has 7 nitrogen and oxygen atoms in total. The number of thiophene rings is 1.